The molecule has 0 bridgehead atoms. The number of hydrogen-bond donors (Lipinski definition) is 0. The van der Waals surface area contributed by atoms with Crippen molar-refractivity contribution in [2.24, 2.45) is 0 Å². The van der Waals surface area contributed by atoms with Crippen molar-refractivity contribution in [2.45, 2.75) is 39.0 Å². The second-order valence-electron chi connectivity index (χ2n) is 5.38. The number of allylic oxidation sites excluding steroid dienone is 1. The van der Waals surface area contributed by atoms with E-state index in [4.69, 9.17) is 0 Å². The van der Waals surface area contributed by atoms with Crippen molar-refractivity contribution in [3.63, 3.8) is 0 Å². The van der Waals surface area contributed by atoms with E-state index in [2.05, 4.69) is 56.3 Å². The van der Waals surface area contributed by atoms with E-state index in [9.17, 15) is 0 Å². The fraction of sp³-hybridized carbons (Fsp3) is 0.333. The van der Waals surface area contributed by atoms with Crippen LogP contribution in [0.5, 0.6) is 0 Å². The van der Waals surface area contributed by atoms with Crippen molar-refractivity contribution in [1.29, 1.82) is 0 Å². The molecule has 0 fully saturated rings. The third-order valence-electron chi connectivity index (χ3n) is 4.12. The van der Waals surface area contributed by atoms with Gasteiger partial charge in [0, 0.05) is 5.92 Å². The van der Waals surface area contributed by atoms with Crippen LogP contribution in [0.25, 0.3) is 16.8 Å². The molecule has 1 aliphatic carbocycles. The first-order valence-corrected chi connectivity index (χ1v) is 7.01. The van der Waals surface area contributed by atoms with Crippen molar-refractivity contribution in [1.82, 2.24) is 0 Å². The van der Waals surface area contributed by atoms with E-state index in [1.165, 1.54) is 46.7 Å². The Kier molecular flexibility index (Phi) is 2.95. The minimum Gasteiger partial charge on any atom is -0.0654 e. The quantitative estimate of drug-likeness (QED) is 0.657. The summed E-state index contributed by atoms with van der Waals surface area (Å²) >= 11 is 0. The Bertz CT molecular complexity index is 599. The lowest BCUT2D eigenvalue weighted by Gasteiger charge is -2.25. The van der Waals surface area contributed by atoms with Crippen LogP contribution in [0.15, 0.2) is 42.0 Å². The monoisotopic (exact) mass is 236 g/mol. The highest BCUT2D eigenvalue weighted by Gasteiger charge is 2.20. The summed E-state index contributed by atoms with van der Waals surface area (Å²) in [6, 6.07) is 13.4. The summed E-state index contributed by atoms with van der Waals surface area (Å²) in [5.74, 6) is 0.628. The lowest BCUT2D eigenvalue weighted by Crippen LogP contribution is -2.06. The molecule has 0 heterocycles. The van der Waals surface area contributed by atoms with Crippen LogP contribution in [0, 0.1) is 0 Å². The fourth-order valence-corrected chi connectivity index (χ4v) is 3.19. The second-order valence-corrected chi connectivity index (χ2v) is 5.38. The molecular weight excluding hydrogens is 216 g/mol. The van der Waals surface area contributed by atoms with Crippen LogP contribution >= 0.6 is 0 Å². The molecule has 0 heteroatoms. The van der Waals surface area contributed by atoms with E-state index >= 15 is 0 Å². The van der Waals surface area contributed by atoms with Crippen LogP contribution in [-0.4, -0.2) is 0 Å². The molecule has 18 heavy (non-hydrogen) atoms. The maximum Gasteiger partial charge on any atom is 0.00551 e. The van der Waals surface area contributed by atoms with Crippen molar-refractivity contribution >= 4 is 16.8 Å². The number of hydrogen-bond acceptors (Lipinski definition) is 0. The Balaban J connectivity index is 2.18. The van der Waals surface area contributed by atoms with Gasteiger partial charge in [0.1, 0.15) is 0 Å². The molecule has 0 aliphatic heterocycles. The van der Waals surface area contributed by atoms with Gasteiger partial charge in [-0.25, -0.2) is 0 Å². The van der Waals surface area contributed by atoms with E-state index in [0.717, 1.165) is 0 Å². The summed E-state index contributed by atoms with van der Waals surface area (Å²) in [5.41, 5.74) is 4.46. The van der Waals surface area contributed by atoms with Crippen LogP contribution in [-0.2, 0) is 0 Å². The molecule has 1 unspecified atom stereocenters. The highest BCUT2D eigenvalue weighted by atomic mass is 14.2. The first-order valence-electron chi connectivity index (χ1n) is 7.01. The van der Waals surface area contributed by atoms with E-state index in [-0.39, 0.29) is 0 Å². The lowest BCUT2D eigenvalue weighted by atomic mass is 9.79. The maximum atomic E-state index is 2.38. The topological polar surface area (TPSA) is 0 Å². The smallest absolute Gasteiger partial charge is 0.00551 e. The first kappa shape index (κ1) is 11.5. The molecular formula is C18H20. The Labute approximate surface area is 109 Å². The molecule has 92 valence electrons. The van der Waals surface area contributed by atoms with E-state index in [1.54, 1.807) is 0 Å². The average molecular weight is 236 g/mol. The van der Waals surface area contributed by atoms with Gasteiger partial charge in [0.15, 0.2) is 0 Å². The average Bonchev–Trinajstić information content (AvgIpc) is 2.39. The number of benzene rings is 2. The van der Waals surface area contributed by atoms with Crippen molar-refractivity contribution < 1.29 is 0 Å². The normalized spacial score (nSPS) is 17.9. The second kappa shape index (κ2) is 4.61. The molecule has 3 rings (SSSR count). The number of unbranched alkanes of at least 4 members (excludes halogenated alkanes) is 1. The van der Waals surface area contributed by atoms with Crippen molar-refractivity contribution in [3.05, 3.63) is 53.1 Å². The Morgan fingerprint density at radius 2 is 1.83 bits per heavy atom. The summed E-state index contributed by atoms with van der Waals surface area (Å²) < 4.78 is 0. The van der Waals surface area contributed by atoms with E-state index in [1.807, 2.05) is 0 Å². The van der Waals surface area contributed by atoms with Crippen LogP contribution in [0.2, 0.25) is 0 Å². The van der Waals surface area contributed by atoms with Gasteiger partial charge in [0.25, 0.3) is 0 Å². The molecule has 0 saturated heterocycles. The van der Waals surface area contributed by atoms with Crippen molar-refractivity contribution in [3.8, 4) is 0 Å². The van der Waals surface area contributed by atoms with Gasteiger partial charge in [-0.1, -0.05) is 67.8 Å². The summed E-state index contributed by atoms with van der Waals surface area (Å²) in [4.78, 5) is 0. The van der Waals surface area contributed by atoms with E-state index in [0.29, 0.717) is 5.92 Å². The summed E-state index contributed by atoms with van der Waals surface area (Å²) in [6.07, 6.45) is 6.26. The van der Waals surface area contributed by atoms with Gasteiger partial charge in [-0.05, 0) is 35.2 Å². The van der Waals surface area contributed by atoms with Gasteiger partial charge < -0.3 is 0 Å². The van der Waals surface area contributed by atoms with Gasteiger partial charge in [-0.2, -0.15) is 0 Å². The van der Waals surface area contributed by atoms with Crippen LogP contribution in [0.4, 0.5) is 0 Å². The molecule has 0 spiro atoms. The van der Waals surface area contributed by atoms with Crippen LogP contribution in [0.3, 0.4) is 0 Å². The number of rotatable bonds is 3. The molecule has 0 aromatic heterocycles. The first-order chi connectivity index (χ1) is 8.81. The van der Waals surface area contributed by atoms with Gasteiger partial charge in [0.2, 0.25) is 0 Å². The van der Waals surface area contributed by atoms with Crippen molar-refractivity contribution in [2.75, 3.05) is 0 Å². The predicted octanol–water partition coefficient (Wildman–Crippen LogP) is 5.53. The Hall–Kier alpha value is -1.56. The van der Waals surface area contributed by atoms with Gasteiger partial charge in [-0.3, -0.25) is 0 Å². The summed E-state index contributed by atoms with van der Waals surface area (Å²) in [5, 5.41) is 2.86. The lowest BCUT2D eigenvalue weighted by molar-refractivity contribution is 0.645. The fourth-order valence-electron chi connectivity index (χ4n) is 3.19. The highest BCUT2D eigenvalue weighted by molar-refractivity contribution is 5.96. The van der Waals surface area contributed by atoms with Crippen LogP contribution in [0.1, 0.15) is 50.2 Å². The molecule has 0 saturated carbocycles. The summed E-state index contributed by atoms with van der Waals surface area (Å²) in [7, 11) is 0. The van der Waals surface area contributed by atoms with Gasteiger partial charge >= 0.3 is 0 Å². The van der Waals surface area contributed by atoms with Gasteiger partial charge in [-0.15, -0.1) is 0 Å². The maximum absolute atomic E-state index is 2.38. The molecule has 1 atom stereocenters. The Morgan fingerprint density at radius 3 is 2.61 bits per heavy atom. The molecule has 2 aromatic carbocycles. The zero-order valence-corrected chi connectivity index (χ0v) is 11.2. The minimum atomic E-state index is 0.628. The third kappa shape index (κ3) is 1.77. The molecule has 2 aromatic rings. The molecule has 0 N–H and O–H groups in total. The molecule has 0 nitrogen and oxygen atoms in total. The minimum absolute atomic E-state index is 0.628. The zero-order chi connectivity index (χ0) is 12.5. The highest BCUT2D eigenvalue weighted by Crippen LogP contribution is 2.40. The third-order valence-corrected chi connectivity index (χ3v) is 4.12. The predicted molar refractivity (Wildman–Crippen MR) is 79.9 cm³/mol. The summed E-state index contributed by atoms with van der Waals surface area (Å²) in [6.45, 7) is 4.56. The largest absolute Gasteiger partial charge is 0.0654 e. The standard InChI is InChI=1S/C18H20/c1-3-4-10-16-13(2)12-15-9-5-7-14-8-6-11-17(16)18(14)15/h5-9,11-12,16H,3-4,10H2,1-2H3. The zero-order valence-electron chi connectivity index (χ0n) is 11.2. The van der Waals surface area contributed by atoms with E-state index < -0.39 is 0 Å². The SMILES string of the molecule is CCCCC1C(C)=Cc2cccc3cccc1c23. The molecule has 0 radical (unpaired) electrons. The van der Waals surface area contributed by atoms with Gasteiger partial charge in [0.05, 0.1) is 0 Å². The van der Waals surface area contributed by atoms with Crippen LogP contribution < -0.4 is 0 Å². The molecule has 1 aliphatic rings. The Morgan fingerprint density at radius 1 is 1.06 bits per heavy atom. The molecule has 0 amide bonds.